The summed E-state index contributed by atoms with van der Waals surface area (Å²) in [5.74, 6) is 0.910. The van der Waals surface area contributed by atoms with E-state index in [1.165, 1.54) is 0 Å². The van der Waals surface area contributed by atoms with Crippen LogP contribution in [0.4, 0.5) is 17.2 Å². The SMILES string of the molecule is COc1cccc(Nc2ccc(C(=O)Nc3cccc4cccnc34)nn2)c1. The first-order valence-corrected chi connectivity index (χ1v) is 8.63. The first kappa shape index (κ1) is 17.4. The second-order valence-electron chi connectivity index (χ2n) is 6.00. The highest BCUT2D eigenvalue weighted by Crippen LogP contribution is 2.22. The number of fused-ring (bicyclic) bond motifs is 1. The van der Waals surface area contributed by atoms with Crippen LogP contribution in [-0.4, -0.2) is 28.2 Å². The van der Waals surface area contributed by atoms with Gasteiger partial charge in [0.15, 0.2) is 11.5 Å². The second kappa shape index (κ2) is 7.71. The van der Waals surface area contributed by atoms with Crippen molar-refractivity contribution in [3.63, 3.8) is 0 Å². The third-order valence-electron chi connectivity index (χ3n) is 4.12. The quantitative estimate of drug-likeness (QED) is 0.551. The van der Waals surface area contributed by atoms with Crippen LogP contribution in [0.2, 0.25) is 0 Å². The monoisotopic (exact) mass is 371 g/mol. The summed E-state index contributed by atoms with van der Waals surface area (Å²) in [4.78, 5) is 16.9. The summed E-state index contributed by atoms with van der Waals surface area (Å²) in [6.07, 6.45) is 1.69. The van der Waals surface area contributed by atoms with Gasteiger partial charge in [0.25, 0.3) is 5.91 Å². The fraction of sp³-hybridized carbons (Fsp3) is 0.0476. The van der Waals surface area contributed by atoms with E-state index in [-0.39, 0.29) is 11.6 Å². The molecule has 28 heavy (non-hydrogen) atoms. The molecule has 0 atom stereocenters. The number of methoxy groups -OCH3 is 1. The van der Waals surface area contributed by atoms with E-state index >= 15 is 0 Å². The summed E-state index contributed by atoms with van der Waals surface area (Å²) >= 11 is 0. The van der Waals surface area contributed by atoms with E-state index in [4.69, 9.17) is 4.74 Å². The van der Waals surface area contributed by atoms with Crippen molar-refractivity contribution < 1.29 is 9.53 Å². The average Bonchev–Trinajstić information content (AvgIpc) is 2.74. The Kier molecular flexibility index (Phi) is 4.79. The number of nitrogens with one attached hydrogen (secondary N) is 2. The Morgan fingerprint density at radius 1 is 0.964 bits per heavy atom. The molecule has 138 valence electrons. The topological polar surface area (TPSA) is 89.0 Å². The van der Waals surface area contributed by atoms with Gasteiger partial charge in [-0.1, -0.05) is 24.3 Å². The van der Waals surface area contributed by atoms with Crippen molar-refractivity contribution in [3.8, 4) is 5.75 Å². The minimum absolute atomic E-state index is 0.212. The van der Waals surface area contributed by atoms with Gasteiger partial charge in [0.05, 0.1) is 18.3 Å². The molecule has 0 saturated carbocycles. The first-order chi connectivity index (χ1) is 13.7. The zero-order valence-electron chi connectivity index (χ0n) is 15.1. The predicted molar refractivity (Wildman–Crippen MR) is 108 cm³/mol. The van der Waals surface area contributed by atoms with E-state index in [1.54, 1.807) is 31.5 Å². The van der Waals surface area contributed by atoms with Crippen LogP contribution in [0.1, 0.15) is 10.5 Å². The molecule has 7 nitrogen and oxygen atoms in total. The minimum Gasteiger partial charge on any atom is -0.497 e. The number of carbonyl (C=O) groups is 1. The van der Waals surface area contributed by atoms with Gasteiger partial charge in [0, 0.05) is 23.3 Å². The number of hydrogen-bond donors (Lipinski definition) is 2. The summed E-state index contributed by atoms with van der Waals surface area (Å²) in [6.45, 7) is 0. The lowest BCUT2D eigenvalue weighted by atomic mass is 10.2. The third-order valence-corrected chi connectivity index (χ3v) is 4.12. The third kappa shape index (κ3) is 3.73. The highest BCUT2D eigenvalue weighted by Gasteiger charge is 2.11. The van der Waals surface area contributed by atoms with Crippen molar-refractivity contribution in [2.24, 2.45) is 0 Å². The van der Waals surface area contributed by atoms with Gasteiger partial charge >= 0.3 is 0 Å². The van der Waals surface area contributed by atoms with Gasteiger partial charge < -0.3 is 15.4 Å². The number of benzene rings is 2. The van der Waals surface area contributed by atoms with Crippen LogP contribution >= 0.6 is 0 Å². The van der Waals surface area contributed by atoms with Crippen molar-refractivity contribution in [3.05, 3.63) is 78.6 Å². The molecule has 2 aromatic heterocycles. The Balaban J connectivity index is 1.49. The molecule has 0 aliphatic carbocycles. The molecule has 0 saturated heterocycles. The molecule has 0 fully saturated rings. The minimum atomic E-state index is -0.349. The van der Waals surface area contributed by atoms with E-state index in [2.05, 4.69) is 25.8 Å². The van der Waals surface area contributed by atoms with E-state index in [9.17, 15) is 4.79 Å². The van der Waals surface area contributed by atoms with Gasteiger partial charge in [-0.15, -0.1) is 10.2 Å². The fourth-order valence-electron chi connectivity index (χ4n) is 2.76. The first-order valence-electron chi connectivity index (χ1n) is 8.63. The number of hydrogen-bond acceptors (Lipinski definition) is 6. The molecule has 1 amide bonds. The number of anilines is 3. The summed E-state index contributed by atoms with van der Waals surface area (Å²) in [5, 5.41) is 15.0. The molecule has 0 bridgehead atoms. The van der Waals surface area contributed by atoms with E-state index < -0.39 is 0 Å². The van der Waals surface area contributed by atoms with Crippen molar-refractivity contribution in [2.75, 3.05) is 17.7 Å². The molecule has 2 N–H and O–H groups in total. The molecule has 0 spiro atoms. The Bertz CT molecular complexity index is 1120. The number of rotatable bonds is 5. The zero-order valence-corrected chi connectivity index (χ0v) is 15.1. The number of amides is 1. The highest BCUT2D eigenvalue weighted by atomic mass is 16.5. The van der Waals surface area contributed by atoms with Crippen LogP contribution < -0.4 is 15.4 Å². The molecule has 4 rings (SSSR count). The Morgan fingerprint density at radius 3 is 2.64 bits per heavy atom. The maximum atomic E-state index is 12.5. The van der Waals surface area contributed by atoms with Crippen LogP contribution in [0, 0.1) is 0 Å². The molecule has 2 aromatic carbocycles. The zero-order chi connectivity index (χ0) is 19.3. The molecule has 0 unspecified atom stereocenters. The summed E-state index contributed by atoms with van der Waals surface area (Å²) in [6, 6.07) is 20.2. The number of aromatic nitrogens is 3. The maximum absolute atomic E-state index is 12.5. The number of nitrogens with zero attached hydrogens (tertiary/aromatic N) is 3. The predicted octanol–water partition coefficient (Wildman–Crippen LogP) is 4.03. The molecular weight excluding hydrogens is 354 g/mol. The van der Waals surface area contributed by atoms with Crippen molar-refractivity contribution in [2.45, 2.75) is 0 Å². The molecule has 0 radical (unpaired) electrons. The Hall–Kier alpha value is -4.00. The molecule has 7 heteroatoms. The van der Waals surface area contributed by atoms with E-state index in [1.807, 2.05) is 48.5 Å². The molecule has 4 aromatic rings. The van der Waals surface area contributed by atoms with Crippen LogP contribution in [0.25, 0.3) is 10.9 Å². The van der Waals surface area contributed by atoms with Crippen molar-refractivity contribution in [1.29, 1.82) is 0 Å². The smallest absolute Gasteiger partial charge is 0.276 e. The van der Waals surface area contributed by atoms with E-state index in [0.717, 1.165) is 22.3 Å². The molecule has 2 heterocycles. The lowest BCUT2D eigenvalue weighted by Gasteiger charge is -2.09. The number of para-hydroxylation sites is 1. The Labute approximate surface area is 161 Å². The van der Waals surface area contributed by atoms with Crippen LogP contribution in [-0.2, 0) is 0 Å². The second-order valence-corrected chi connectivity index (χ2v) is 6.00. The number of carbonyl (C=O) groups excluding carboxylic acids is 1. The average molecular weight is 371 g/mol. The lowest BCUT2D eigenvalue weighted by molar-refractivity contribution is 0.102. The largest absolute Gasteiger partial charge is 0.497 e. The normalized spacial score (nSPS) is 10.5. The van der Waals surface area contributed by atoms with Gasteiger partial charge in [0.2, 0.25) is 0 Å². The van der Waals surface area contributed by atoms with Crippen molar-refractivity contribution >= 4 is 34.0 Å². The summed E-state index contributed by atoms with van der Waals surface area (Å²) in [5.41, 5.74) is 2.38. The summed E-state index contributed by atoms with van der Waals surface area (Å²) < 4.78 is 5.20. The highest BCUT2D eigenvalue weighted by molar-refractivity contribution is 6.07. The van der Waals surface area contributed by atoms with Gasteiger partial charge in [-0.25, -0.2) is 0 Å². The summed E-state index contributed by atoms with van der Waals surface area (Å²) in [7, 11) is 1.61. The van der Waals surface area contributed by atoms with Gasteiger partial charge in [0.1, 0.15) is 5.75 Å². The van der Waals surface area contributed by atoms with E-state index in [0.29, 0.717) is 11.5 Å². The molecule has 0 aliphatic rings. The number of ether oxygens (including phenoxy) is 1. The Morgan fingerprint density at radius 2 is 1.82 bits per heavy atom. The van der Waals surface area contributed by atoms with Gasteiger partial charge in [-0.2, -0.15) is 0 Å². The van der Waals surface area contributed by atoms with Crippen LogP contribution in [0.3, 0.4) is 0 Å². The number of pyridine rings is 1. The fourth-order valence-corrected chi connectivity index (χ4v) is 2.76. The van der Waals surface area contributed by atoms with Gasteiger partial charge in [-0.3, -0.25) is 9.78 Å². The van der Waals surface area contributed by atoms with Crippen molar-refractivity contribution in [1.82, 2.24) is 15.2 Å². The van der Waals surface area contributed by atoms with Crippen LogP contribution in [0.5, 0.6) is 5.75 Å². The van der Waals surface area contributed by atoms with Crippen LogP contribution in [0.15, 0.2) is 72.9 Å². The maximum Gasteiger partial charge on any atom is 0.276 e. The molecule has 0 aliphatic heterocycles. The molecular formula is C21H17N5O2. The van der Waals surface area contributed by atoms with Gasteiger partial charge in [-0.05, 0) is 36.4 Å². The standard InChI is InChI=1S/C21H17N5O2/c1-28-16-8-3-7-15(13-16)23-19-11-10-18(25-26-19)21(27)24-17-9-2-5-14-6-4-12-22-20(14)17/h2-13H,1H3,(H,23,26)(H,24,27). The lowest BCUT2D eigenvalue weighted by Crippen LogP contribution is -2.15.